The molecule has 0 bridgehead atoms. The molecule has 2 aromatic rings. The largest absolute Gasteiger partial charge is 0.340 e. The summed E-state index contributed by atoms with van der Waals surface area (Å²) >= 11 is 6.21. The van der Waals surface area contributed by atoms with Crippen molar-refractivity contribution in [2.45, 2.75) is 25.9 Å². The Balaban J connectivity index is 1.64. The van der Waals surface area contributed by atoms with Gasteiger partial charge in [0.2, 0.25) is 11.8 Å². The molecule has 2 heterocycles. The molecule has 0 N–H and O–H groups in total. The van der Waals surface area contributed by atoms with Crippen LogP contribution in [0.15, 0.2) is 28.9 Å². The van der Waals surface area contributed by atoms with E-state index in [1.165, 1.54) is 0 Å². The third-order valence-corrected chi connectivity index (χ3v) is 5.46. The van der Waals surface area contributed by atoms with Gasteiger partial charge in [0.15, 0.2) is 0 Å². The molecule has 0 unspecified atom stereocenters. The molecule has 1 aromatic carbocycles. The van der Waals surface area contributed by atoms with E-state index in [0.717, 1.165) is 5.56 Å². The molecule has 3 rings (SSSR count). The number of piperazine rings is 1. The number of hydrogen-bond donors (Lipinski definition) is 0. The molecule has 0 radical (unpaired) electrons. The van der Waals surface area contributed by atoms with Gasteiger partial charge in [0.1, 0.15) is 17.4 Å². The zero-order chi connectivity index (χ0) is 20.3. The number of benzene rings is 1. The Morgan fingerprint density at radius 1 is 1.29 bits per heavy atom. The Kier molecular flexibility index (Phi) is 6.31. The van der Waals surface area contributed by atoms with E-state index in [9.17, 15) is 9.59 Å². The lowest BCUT2D eigenvalue weighted by atomic mass is 10.1. The molecule has 8 nitrogen and oxygen atoms in total. The monoisotopic (exact) mass is 405 g/mol. The van der Waals surface area contributed by atoms with Gasteiger partial charge in [0, 0.05) is 38.2 Å². The van der Waals surface area contributed by atoms with Crippen LogP contribution in [0.1, 0.15) is 17.0 Å². The van der Waals surface area contributed by atoms with Gasteiger partial charge in [-0.3, -0.25) is 14.5 Å². The molecule has 0 saturated carbocycles. The number of halogens is 1. The molecule has 0 spiro atoms. The van der Waals surface area contributed by atoms with Crippen molar-refractivity contribution in [2.75, 3.05) is 33.7 Å². The number of carbonyl (C=O) groups is 2. The van der Waals surface area contributed by atoms with E-state index < -0.39 is 6.04 Å². The molecular formula is C19H24ClN5O3. The number of hydrogen-bond acceptors (Lipinski definition) is 6. The minimum Gasteiger partial charge on any atom is -0.340 e. The van der Waals surface area contributed by atoms with Crippen LogP contribution in [-0.4, -0.2) is 76.6 Å². The predicted molar refractivity (Wildman–Crippen MR) is 104 cm³/mol. The van der Waals surface area contributed by atoms with Gasteiger partial charge in [-0.2, -0.15) is 0 Å². The predicted octanol–water partition coefficient (Wildman–Crippen LogP) is 1.38. The van der Waals surface area contributed by atoms with Crippen molar-refractivity contribution < 1.29 is 14.2 Å². The highest BCUT2D eigenvalue weighted by Crippen LogP contribution is 2.18. The van der Waals surface area contributed by atoms with Crippen molar-refractivity contribution in [1.82, 2.24) is 25.0 Å². The standard InChI is InChI=1S/C19H24ClN5O3/c1-13-16(22-28-21-13)10-18(26)25-9-8-23(2)17(12-25)19(27)24(3)11-14-6-4-5-7-15(14)20/h4-7,17H,8-12H2,1-3H3/t17-/m1/s1. The van der Waals surface area contributed by atoms with Gasteiger partial charge in [-0.25, -0.2) is 4.63 Å². The molecule has 1 saturated heterocycles. The van der Waals surface area contributed by atoms with E-state index in [0.29, 0.717) is 42.6 Å². The first-order valence-corrected chi connectivity index (χ1v) is 9.49. The highest BCUT2D eigenvalue weighted by atomic mass is 35.5. The Morgan fingerprint density at radius 3 is 2.71 bits per heavy atom. The summed E-state index contributed by atoms with van der Waals surface area (Å²) in [6.07, 6.45) is 0.120. The second kappa shape index (κ2) is 8.70. The summed E-state index contributed by atoms with van der Waals surface area (Å²) < 4.78 is 4.66. The van der Waals surface area contributed by atoms with Crippen LogP contribution in [0, 0.1) is 6.92 Å². The van der Waals surface area contributed by atoms with Crippen molar-refractivity contribution in [3.63, 3.8) is 0 Å². The zero-order valence-corrected chi connectivity index (χ0v) is 17.0. The van der Waals surface area contributed by atoms with Crippen LogP contribution in [0.25, 0.3) is 0 Å². The number of likely N-dealkylation sites (N-methyl/N-ethyl adjacent to an activating group) is 2. The molecule has 1 fully saturated rings. The average Bonchev–Trinajstić information content (AvgIpc) is 3.08. The fourth-order valence-electron chi connectivity index (χ4n) is 3.25. The molecule has 2 amide bonds. The van der Waals surface area contributed by atoms with Gasteiger partial charge in [-0.1, -0.05) is 40.1 Å². The molecule has 1 aromatic heterocycles. The summed E-state index contributed by atoms with van der Waals surface area (Å²) in [5.74, 6) is -0.127. The number of rotatable bonds is 5. The quantitative estimate of drug-likeness (QED) is 0.747. The zero-order valence-electron chi connectivity index (χ0n) is 16.3. The van der Waals surface area contributed by atoms with Gasteiger partial charge in [-0.15, -0.1) is 0 Å². The average molecular weight is 406 g/mol. The van der Waals surface area contributed by atoms with E-state index in [1.807, 2.05) is 36.2 Å². The first kappa shape index (κ1) is 20.3. The molecule has 150 valence electrons. The summed E-state index contributed by atoms with van der Waals surface area (Å²) in [7, 11) is 3.66. The van der Waals surface area contributed by atoms with E-state index in [4.69, 9.17) is 11.6 Å². The van der Waals surface area contributed by atoms with E-state index in [1.54, 1.807) is 23.8 Å². The van der Waals surface area contributed by atoms with E-state index >= 15 is 0 Å². The van der Waals surface area contributed by atoms with Crippen LogP contribution in [0.2, 0.25) is 5.02 Å². The number of amides is 2. The lowest BCUT2D eigenvalue weighted by molar-refractivity contribution is -0.142. The lowest BCUT2D eigenvalue weighted by Crippen LogP contribution is -2.59. The molecule has 28 heavy (non-hydrogen) atoms. The first-order valence-electron chi connectivity index (χ1n) is 9.11. The summed E-state index contributed by atoms with van der Waals surface area (Å²) in [5.41, 5.74) is 2.03. The molecule has 1 aliphatic rings. The minimum atomic E-state index is -0.401. The third-order valence-electron chi connectivity index (χ3n) is 5.09. The first-order chi connectivity index (χ1) is 13.4. The number of aromatic nitrogens is 2. The van der Waals surface area contributed by atoms with Gasteiger partial charge < -0.3 is 9.80 Å². The van der Waals surface area contributed by atoms with Crippen LogP contribution in [-0.2, 0) is 22.6 Å². The summed E-state index contributed by atoms with van der Waals surface area (Å²) in [6.45, 7) is 3.70. The van der Waals surface area contributed by atoms with E-state index in [2.05, 4.69) is 14.9 Å². The highest BCUT2D eigenvalue weighted by molar-refractivity contribution is 6.31. The van der Waals surface area contributed by atoms with E-state index in [-0.39, 0.29) is 18.2 Å². The SMILES string of the molecule is Cc1nonc1CC(=O)N1CCN(C)[C@@H](C(=O)N(C)Cc2ccccc2Cl)C1. The van der Waals surface area contributed by atoms with Gasteiger partial charge in [0.25, 0.3) is 0 Å². The molecular weight excluding hydrogens is 382 g/mol. The molecule has 1 atom stereocenters. The molecule has 9 heteroatoms. The normalized spacial score (nSPS) is 17.6. The maximum absolute atomic E-state index is 13.0. The highest BCUT2D eigenvalue weighted by Gasteiger charge is 2.34. The van der Waals surface area contributed by atoms with Crippen molar-refractivity contribution in [3.8, 4) is 0 Å². The van der Waals surface area contributed by atoms with Crippen LogP contribution in [0.4, 0.5) is 0 Å². The minimum absolute atomic E-state index is 0.0424. The summed E-state index contributed by atoms with van der Waals surface area (Å²) in [5, 5.41) is 8.11. The number of carbonyl (C=O) groups excluding carboxylic acids is 2. The van der Waals surface area contributed by atoms with Crippen LogP contribution in [0.5, 0.6) is 0 Å². The second-order valence-corrected chi connectivity index (χ2v) is 7.50. The third kappa shape index (κ3) is 4.51. The topological polar surface area (TPSA) is 82.8 Å². The fourth-order valence-corrected chi connectivity index (χ4v) is 3.44. The van der Waals surface area contributed by atoms with Crippen molar-refractivity contribution in [2.24, 2.45) is 0 Å². The Morgan fingerprint density at radius 2 is 2.04 bits per heavy atom. The molecule has 1 aliphatic heterocycles. The molecule has 0 aliphatic carbocycles. The number of aryl methyl sites for hydroxylation is 1. The van der Waals surface area contributed by atoms with Gasteiger partial charge in [-0.05, 0) is 25.6 Å². The lowest BCUT2D eigenvalue weighted by Gasteiger charge is -2.40. The van der Waals surface area contributed by atoms with Crippen LogP contribution >= 0.6 is 11.6 Å². The maximum Gasteiger partial charge on any atom is 0.241 e. The van der Waals surface area contributed by atoms with Crippen LogP contribution in [0.3, 0.4) is 0 Å². The Hall–Kier alpha value is -2.45. The fraction of sp³-hybridized carbons (Fsp3) is 0.474. The number of nitrogens with zero attached hydrogens (tertiary/aromatic N) is 5. The van der Waals surface area contributed by atoms with Gasteiger partial charge >= 0.3 is 0 Å². The Labute approximate surface area is 169 Å². The Bertz CT molecular complexity index is 856. The second-order valence-electron chi connectivity index (χ2n) is 7.09. The van der Waals surface area contributed by atoms with Crippen molar-refractivity contribution in [3.05, 3.63) is 46.2 Å². The smallest absolute Gasteiger partial charge is 0.241 e. The van der Waals surface area contributed by atoms with Gasteiger partial charge in [0.05, 0.1) is 6.42 Å². The summed E-state index contributed by atoms with van der Waals surface area (Å²) in [4.78, 5) is 31.0. The maximum atomic E-state index is 13.0. The van der Waals surface area contributed by atoms with Crippen LogP contribution < -0.4 is 0 Å². The van der Waals surface area contributed by atoms with Crippen molar-refractivity contribution in [1.29, 1.82) is 0 Å². The summed E-state index contributed by atoms with van der Waals surface area (Å²) in [6, 6.07) is 7.07. The van der Waals surface area contributed by atoms with Crippen molar-refractivity contribution >= 4 is 23.4 Å².